The second-order valence-corrected chi connectivity index (χ2v) is 5.42. The summed E-state index contributed by atoms with van der Waals surface area (Å²) in [4.78, 5) is 0. The average Bonchev–Trinajstić information content (AvgIpc) is 2.45. The molecule has 1 N–H and O–H groups in total. The molecule has 3 aromatic rings. The number of nitrogens with one attached hydrogen (secondary N) is 1. The molecule has 3 aromatic carbocycles. The fraction of sp³-hybridized carbons (Fsp3) is 0.0588. The van der Waals surface area contributed by atoms with Crippen molar-refractivity contribution < 1.29 is 0 Å². The summed E-state index contributed by atoms with van der Waals surface area (Å²) in [6.07, 6.45) is 0. The minimum absolute atomic E-state index is 0.831. The Morgan fingerprint density at radius 2 is 1.63 bits per heavy atom. The molecule has 0 heterocycles. The molecule has 0 unspecified atom stereocenters. The highest BCUT2D eigenvalue weighted by Crippen LogP contribution is 2.21. The third-order valence-electron chi connectivity index (χ3n) is 3.19. The molecule has 94 valence electrons. The Labute approximate surface area is 121 Å². The largest absolute Gasteiger partial charge is 0.381 e. The van der Waals surface area contributed by atoms with Gasteiger partial charge in [0.05, 0.1) is 0 Å². The number of hydrogen-bond acceptors (Lipinski definition) is 1. The van der Waals surface area contributed by atoms with Gasteiger partial charge in [0.25, 0.3) is 0 Å². The van der Waals surface area contributed by atoms with E-state index in [0.29, 0.717) is 0 Å². The smallest absolute Gasteiger partial charge is 0.0406 e. The molecule has 0 aromatic heterocycles. The van der Waals surface area contributed by atoms with Crippen molar-refractivity contribution in [1.82, 2.24) is 0 Å². The van der Waals surface area contributed by atoms with E-state index in [1.807, 2.05) is 12.1 Å². The SMILES string of the molecule is Brc1cccc(NCc2cccc3ccccc23)c1. The summed E-state index contributed by atoms with van der Waals surface area (Å²) in [5.74, 6) is 0. The molecule has 0 saturated carbocycles. The highest BCUT2D eigenvalue weighted by atomic mass is 79.9. The van der Waals surface area contributed by atoms with Gasteiger partial charge in [-0.1, -0.05) is 64.5 Å². The lowest BCUT2D eigenvalue weighted by Crippen LogP contribution is -1.99. The number of halogens is 1. The second kappa shape index (κ2) is 5.45. The lowest BCUT2D eigenvalue weighted by atomic mass is 10.0. The van der Waals surface area contributed by atoms with Crippen LogP contribution in [0.25, 0.3) is 10.8 Å². The van der Waals surface area contributed by atoms with E-state index >= 15 is 0 Å². The maximum Gasteiger partial charge on any atom is 0.0406 e. The number of rotatable bonds is 3. The summed E-state index contributed by atoms with van der Waals surface area (Å²) in [6, 6.07) is 23.2. The molecular weight excluding hydrogens is 298 g/mol. The van der Waals surface area contributed by atoms with E-state index in [4.69, 9.17) is 0 Å². The van der Waals surface area contributed by atoms with Crippen LogP contribution >= 0.6 is 15.9 Å². The molecule has 0 aliphatic rings. The van der Waals surface area contributed by atoms with E-state index in [1.165, 1.54) is 16.3 Å². The van der Waals surface area contributed by atoms with E-state index in [2.05, 4.69) is 75.8 Å². The maximum absolute atomic E-state index is 3.49. The lowest BCUT2D eigenvalue weighted by molar-refractivity contribution is 1.17. The van der Waals surface area contributed by atoms with Gasteiger partial charge in [0.2, 0.25) is 0 Å². The molecule has 0 amide bonds. The Balaban J connectivity index is 1.86. The van der Waals surface area contributed by atoms with Gasteiger partial charge >= 0.3 is 0 Å². The quantitative estimate of drug-likeness (QED) is 0.699. The average molecular weight is 312 g/mol. The van der Waals surface area contributed by atoms with E-state index in [9.17, 15) is 0 Å². The minimum Gasteiger partial charge on any atom is -0.381 e. The van der Waals surface area contributed by atoms with Crippen LogP contribution in [0.15, 0.2) is 71.2 Å². The molecule has 0 atom stereocenters. The van der Waals surface area contributed by atoms with Gasteiger partial charge in [0.15, 0.2) is 0 Å². The van der Waals surface area contributed by atoms with Gasteiger partial charge in [0.1, 0.15) is 0 Å². The van der Waals surface area contributed by atoms with Crippen molar-refractivity contribution in [2.24, 2.45) is 0 Å². The standard InChI is InChI=1S/C17H14BrN/c18-15-8-4-9-16(11-15)19-12-14-7-3-6-13-5-1-2-10-17(13)14/h1-11,19H,12H2. The first kappa shape index (κ1) is 12.2. The Hall–Kier alpha value is -1.80. The van der Waals surface area contributed by atoms with Crippen molar-refractivity contribution in [3.05, 3.63) is 76.8 Å². The van der Waals surface area contributed by atoms with Crippen LogP contribution in [0.1, 0.15) is 5.56 Å². The van der Waals surface area contributed by atoms with Gasteiger partial charge in [-0.3, -0.25) is 0 Å². The van der Waals surface area contributed by atoms with Crippen molar-refractivity contribution in [3.63, 3.8) is 0 Å². The predicted octanol–water partition coefficient (Wildman–Crippen LogP) is 5.21. The van der Waals surface area contributed by atoms with Gasteiger partial charge in [0, 0.05) is 16.7 Å². The molecular formula is C17H14BrN. The van der Waals surface area contributed by atoms with E-state index in [0.717, 1.165) is 16.7 Å². The molecule has 2 heteroatoms. The topological polar surface area (TPSA) is 12.0 Å². The van der Waals surface area contributed by atoms with Crippen molar-refractivity contribution in [1.29, 1.82) is 0 Å². The molecule has 0 fully saturated rings. The highest BCUT2D eigenvalue weighted by Gasteiger charge is 2.00. The van der Waals surface area contributed by atoms with Gasteiger partial charge in [-0.15, -0.1) is 0 Å². The number of benzene rings is 3. The molecule has 3 rings (SSSR count). The Morgan fingerprint density at radius 1 is 0.842 bits per heavy atom. The zero-order valence-corrected chi connectivity index (χ0v) is 12.0. The number of anilines is 1. The fourth-order valence-electron chi connectivity index (χ4n) is 2.24. The van der Waals surface area contributed by atoms with Crippen LogP contribution in [0.5, 0.6) is 0 Å². The van der Waals surface area contributed by atoms with Crippen molar-refractivity contribution in [2.45, 2.75) is 6.54 Å². The maximum atomic E-state index is 3.49. The molecule has 19 heavy (non-hydrogen) atoms. The van der Waals surface area contributed by atoms with Crippen LogP contribution in [0.3, 0.4) is 0 Å². The van der Waals surface area contributed by atoms with Crippen LogP contribution in [0, 0.1) is 0 Å². The van der Waals surface area contributed by atoms with E-state index in [-0.39, 0.29) is 0 Å². The molecule has 0 aliphatic carbocycles. The molecule has 1 nitrogen and oxygen atoms in total. The summed E-state index contributed by atoms with van der Waals surface area (Å²) in [5, 5.41) is 6.06. The van der Waals surface area contributed by atoms with Crippen molar-refractivity contribution in [2.75, 3.05) is 5.32 Å². The van der Waals surface area contributed by atoms with Gasteiger partial charge in [-0.05, 0) is 34.5 Å². The van der Waals surface area contributed by atoms with Gasteiger partial charge in [-0.2, -0.15) is 0 Å². The first-order valence-corrected chi connectivity index (χ1v) is 7.08. The van der Waals surface area contributed by atoms with Gasteiger partial charge in [-0.25, -0.2) is 0 Å². The van der Waals surface area contributed by atoms with Crippen LogP contribution < -0.4 is 5.32 Å². The highest BCUT2D eigenvalue weighted by molar-refractivity contribution is 9.10. The number of fused-ring (bicyclic) bond motifs is 1. The lowest BCUT2D eigenvalue weighted by Gasteiger charge is -2.09. The zero-order valence-electron chi connectivity index (χ0n) is 10.4. The van der Waals surface area contributed by atoms with Crippen LogP contribution in [0.4, 0.5) is 5.69 Å². The molecule has 0 saturated heterocycles. The zero-order chi connectivity index (χ0) is 13.1. The minimum atomic E-state index is 0.831. The Kier molecular flexibility index (Phi) is 3.51. The first-order chi connectivity index (χ1) is 9.33. The summed E-state index contributed by atoms with van der Waals surface area (Å²) in [7, 11) is 0. The third-order valence-corrected chi connectivity index (χ3v) is 3.68. The summed E-state index contributed by atoms with van der Waals surface area (Å²) in [5.41, 5.74) is 2.44. The van der Waals surface area contributed by atoms with E-state index in [1.54, 1.807) is 0 Å². The molecule has 0 spiro atoms. The van der Waals surface area contributed by atoms with Crippen molar-refractivity contribution >= 4 is 32.4 Å². The Morgan fingerprint density at radius 3 is 2.53 bits per heavy atom. The summed E-state index contributed by atoms with van der Waals surface area (Å²) >= 11 is 3.49. The van der Waals surface area contributed by atoms with Crippen LogP contribution in [-0.4, -0.2) is 0 Å². The van der Waals surface area contributed by atoms with E-state index < -0.39 is 0 Å². The summed E-state index contributed by atoms with van der Waals surface area (Å²) in [6.45, 7) is 0.831. The molecule has 0 aliphatic heterocycles. The van der Waals surface area contributed by atoms with Gasteiger partial charge < -0.3 is 5.32 Å². The van der Waals surface area contributed by atoms with Crippen LogP contribution in [-0.2, 0) is 6.54 Å². The monoisotopic (exact) mass is 311 g/mol. The number of hydrogen-bond donors (Lipinski definition) is 1. The molecule has 0 radical (unpaired) electrons. The van der Waals surface area contributed by atoms with Crippen molar-refractivity contribution in [3.8, 4) is 0 Å². The molecule has 0 bridgehead atoms. The predicted molar refractivity (Wildman–Crippen MR) is 85.4 cm³/mol. The normalized spacial score (nSPS) is 10.6. The fourth-order valence-corrected chi connectivity index (χ4v) is 2.64. The summed E-state index contributed by atoms with van der Waals surface area (Å²) < 4.78 is 1.09. The first-order valence-electron chi connectivity index (χ1n) is 6.29. The second-order valence-electron chi connectivity index (χ2n) is 4.50. The Bertz CT molecular complexity index is 701. The third kappa shape index (κ3) is 2.79. The van der Waals surface area contributed by atoms with Crippen LogP contribution in [0.2, 0.25) is 0 Å².